The van der Waals surface area contributed by atoms with Gasteiger partial charge in [-0.15, -0.1) is 0 Å². The van der Waals surface area contributed by atoms with Gasteiger partial charge in [0.2, 0.25) is 5.91 Å². The van der Waals surface area contributed by atoms with Crippen LogP contribution in [0.3, 0.4) is 0 Å². The summed E-state index contributed by atoms with van der Waals surface area (Å²) in [4.78, 5) is 28.2. The van der Waals surface area contributed by atoms with Crippen molar-refractivity contribution in [3.63, 3.8) is 0 Å². The number of carbonyl (C=O) groups is 2. The molecule has 2 aliphatic heterocycles. The highest BCUT2D eigenvalue weighted by atomic mass is 16.5. The molecule has 0 aromatic heterocycles. The third kappa shape index (κ3) is 2.51. The van der Waals surface area contributed by atoms with Gasteiger partial charge in [0.15, 0.2) is 0 Å². The average Bonchev–Trinajstić information content (AvgIpc) is 3.17. The van der Waals surface area contributed by atoms with Gasteiger partial charge in [-0.05, 0) is 25.7 Å². The molecule has 0 aromatic carbocycles. The van der Waals surface area contributed by atoms with Gasteiger partial charge < -0.3 is 20.5 Å². The molecule has 0 aromatic rings. The number of rotatable bonds is 3. The van der Waals surface area contributed by atoms with Crippen molar-refractivity contribution in [3.05, 3.63) is 0 Å². The first-order valence-corrected chi connectivity index (χ1v) is 8.12. The molecule has 0 spiro atoms. The summed E-state index contributed by atoms with van der Waals surface area (Å²) in [5.74, 6) is -0.500. The van der Waals surface area contributed by atoms with E-state index < -0.39 is 11.1 Å². The van der Waals surface area contributed by atoms with Crippen LogP contribution in [0.5, 0.6) is 0 Å². The number of hydrogen-bond acceptors (Lipinski definition) is 5. The summed E-state index contributed by atoms with van der Waals surface area (Å²) in [6, 6.07) is 0. The molecule has 3 N–H and O–H groups in total. The summed E-state index contributed by atoms with van der Waals surface area (Å²) < 4.78 is 5.38. The van der Waals surface area contributed by atoms with Crippen LogP contribution >= 0.6 is 0 Å². The van der Waals surface area contributed by atoms with Crippen molar-refractivity contribution in [3.8, 4) is 0 Å². The lowest BCUT2D eigenvalue weighted by Gasteiger charge is -2.44. The van der Waals surface area contributed by atoms with E-state index in [4.69, 9.17) is 10.5 Å². The molecule has 1 atom stereocenters. The minimum atomic E-state index is -1.17. The monoisotopic (exact) mass is 311 g/mol. The number of hydrogen-bond donors (Lipinski definition) is 2. The molecule has 3 rings (SSSR count). The van der Waals surface area contributed by atoms with E-state index >= 15 is 0 Å². The van der Waals surface area contributed by atoms with Gasteiger partial charge in [-0.2, -0.15) is 0 Å². The molecule has 7 nitrogen and oxygen atoms in total. The summed E-state index contributed by atoms with van der Waals surface area (Å²) in [6.07, 6.45) is 3.55. The normalized spacial score (nSPS) is 32.3. The van der Waals surface area contributed by atoms with Crippen LogP contribution in [0.4, 0.5) is 0 Å². The zero-order chi connectivity index (χ0) is 15.8. The number of primary amides is 1. The molecule has 124 valence electrons. The van der Waals surface area contributed by atoms with Crippen LogP contribution in [0.25, 0.3) is 0 Å². The van der Waals surface area contributed by atoms with Crippen molar-refractivity contribution in [2.75, 3.05) is 39.4 Å². The Morgan fingerprint density at radius 2 is 1.68 bits per heavy atom. The first-order chi connectivity index (χ1) is 10.5. The predicted molar refractivity (Wildman–Crippen MR) is 78.9 cm³/mol. The van der Waals surface area contributed by atoms with E-state index in [0.717, 1.165) is 12.8 Å². The predicted octanol–water partition coefficient (Wildman–Crippen LogP) is -0.920. The van der Waals surface area contributed by atoms with Crippen LogP contribution in [0.2, 0.25) is 0 Å². The Kier molecular flexibility index (Phi) is 4.13. The number of ether oxygens (including phenoxy) is 1. The van der Waals surface area contributed by atoms with E-state index in [-0.39, 0.29) is 11.8 Å². The summed E-state index contributed by atoms with van der Waals surface area (Å²) in [6.45, 7) is 3.11. The first-order valence-electron chi connectivity index (χ1n) is 8.12. The number of piperazine rings is 1. The molecule has 2 saturated heterocycles. The van der Waals surface area contributed by atoms with Crippen molar-refractivity contribution in [2.24, 2.45) is 5.73 Å². The molecule has 0 bridgehead atoms. The summed E-state index contributed by atoms with van der Waals surface area (Å²) in [5.41, 5.74) is 3.71. The molecule has 2 heterocycles. The van der Waals surface area contributed by atoms with Crippen molar-refractivity contribution < 1.29 is 19.4 Å². The van der Waals surface area contributed by atoms with E-state index in [1.165, 1.54) is 0 Å². The fourth-order valence-corrected chi connectivity index (χ4v) is 3.96. The van der Waals surface area contributed by atoms with E-state index in [1.807, 2.05) is 4.90 Å². The van der Waals surface area contributed by atoms with Gasteiger partial charge in [-0.1, -0.05) is 0 Å². The Morgan fingerprint density at radius 3 is 2.18 bits per heavy atom. The van der Waals surface area contributed by atoms with Crippen LogP contribution in [0.1, 0.15) is 32.1 Å². The van der Waals surface area contributed by atoms with E-state index in [0.29, 0.717) is 58.7 Å². The largest absolute Gasteiger partial charge is 0.380 e. The smallest absolute Gasteiger partial charge is 0.254 e. The molecular weight excluding hydrogens is 286 g/mol. The van der Waals surface area contributed by atoms with E-state index in [2.05, 4.69) is 0 Å². The van der Waals surface area contributed by atoms with Gasteiger partial charge in [0.1, 0.15) is 11.1 Å². The molecule has 1 saturated carbocycles. The van der Waals surface area contributed by atoms with Gasteiger partial charge >= 0.3 is 0 Å². The lowest BCUT2D eigenvalue weighted by molar-refractivity contribution is -0.154. The van der Waals surface area contributed by atoms with Gasteiger partial charge in [0, 0.05) is 39.2 Å². The maximum Gasteiger partial charge on any atom is 0.254 e. The average molecular weight is 311 g/mol. The minimum absolute atomic E-state index is 0.152. The van der Waals surface area contributed by atoms with Crippen LogP contribution in [0.15, 0.2) is 0 Å². The second-order valence-corrected chi connectivity index (χ2v) is 6.72. The fraction of sp³-hybridized carbons (Fsp3) is 0.867. The molecule has 3 aliphatic rings. The highest BCUT2D eigenvalue weighted by molar-refractivity contribution is 5.86. The van der Waals surface area contributed by atoms with Gasteiger partial charge in [-0.25, -0.2) is 0 Å². The highest BCUT2D eigenvalue weighted by Gasteiger charge is 2.48. The quantitative estimate of drug-likeness (QED) is 0.703. The molecule has 1 unspecified atom stereocenters. The minimum Gasteiger partial charge on any atom is -0.380 e. The summed E-state index contributed by atoms with van der Waals surface area (Å²) >= 11 is 0. The van der Waals surface area contributed by atoms with Crippen LogP contribution in [-0.4, -0.2) is 77.3 Å². The highest BCUT2D eigenvalue weighted by Crippen LogP contribution is 2.32. The zero-order valence-electron chi connectivity index (χ0n) is 12.9. The Morgan fingerprint density at radius 1 is 1.05 bits per heavy atom. The van der Waals surface area contributed by atoms with Crippen molar-refractivity contribution in [1.82, 2.24) is 9.80 Å². The molecule has 0 radical (unpaired) electrons. The number of nitrogens with zero attached hydrogens (tertiary/aromatic N) is 2. The molecule has 1 aliphatic carbocycles. The molecule has 3 fully saturated rings. The molecule has 7 heteroatoms. The molecular formula is C15H25N3O4. The number of carbonyl (C=O) groups excluding carboxylic acids is 2. The maximum absolute atomic E-state index is 12.5. The topological polar surface area (TPSA) is 96.1 Å². The molecule has 22 heavy (non-hydrogen) atoms. The van der Waals surface area contributed by atoms with Gasteiger partial charge in [0.25, 0.3) is 5.91 Å². The first kappa shape index (κ1) is 15.7. The fourth-order valence-electron chi connectivity index (χ4n) is 3.96. The lowest BCUT2D eigenvalue weighted by Crippen LogP contribution is -2.64. The standard InChI is InChI=1S/C15H25N3O4/c16-12(19)14(5-10-22-11-14)18-8-6-17(7-9-18)13(20)15(21)3-1-2-4-15/h21H,1-11H2,(H2,16,19). The summed E-state index contributed by atoms with van der Waals surface area (Å²) in [7, 11) is 0. The number of aliphatic hydroxyl groups is 1. The molecule has 2 amide bonds. The summed E-state index contributed by atoms with van der Waals surface area (Å²) in [5, 5.41) is 10.4. The zero-order valence-corrected chi connectivity index (χ0v) is 12.9. The SMILES string of the molecule is NC(=O)C1(N2CCN(C(=O)C3(O)CCCC3)CC2)CCOC1. The maximum atomic E-state index is 12.5. The van der Waals surface area contributed by atoms with E-state index in [1.54, 1.807) is 4.90 Å². The Balaban J connectivity index is 1.63. The van der Waals surface area contributed by atoms with E-state index in [9.17, 15) is 14.7 Å². The van der Waals surface area contributed by atoms with Crippen LogP contribution < -0.4 is 5.73 Å². The van der Waals surface area contributed by atoms with Crippen LogP contribution in [-0.2, 0) is 14.3 Å². The van der Waals surface area contributed by atoms with Crippen molar-refractivity contribution in [1.29, 1.82) is 0 Å². The second kappa shape index (κ2) is 5.79. The number of amides is 2. The van der Waals surface area contributed by atoms with Gasteiger partial charge in [-0.3, -0.25) is 14.5 Å². The Hall–Kier alpha value is -1.18. The Labute approximate surface area is 130 Å². The van der Waals surface area contributed by atoms with Gasteiger partial charge in [0.05, 0.1) is 6.61 Å². The number of nitrogens with two attached hydrogens (primary N) is 1. The van der Waals surface area contributed by atoms with Crippen molar-refractivity contribution >= 4 is 11.8 Å². The lowest BCUT2D eigenvalue weighted by atomic mass is 9.94. The Bertz CT molecular complexity index is 448. The van der Waals surface area contributed by atoms with Crippen molar-refractivity contribution in [2.45, 2.75) is 43.2 Å². The third-order valence-corrected chi connectivity index (χ3v) is 5.46. The van der Waals surface area contributed by atoms with Crippen LogP contribution in [0, 0.1) is 0 Å². The third-order valence-electron chi connectivity index (χ3n) is 5.46. The second-order valence-electron chi connectivity index (χ2n) is 6.72.